The van der Waals surface area contributed by atoms with Crippen LogP contribution in [0.15, 0.2) is 18.2 Å². The normalized spacial score (nSPS) is 18.4. The minimum atomic E-state index is -0.190. The molecule has 5 nitrogen and oxygen atoms in total. The summed E-state index contributed by atoms with van der Waals surface area (Å²) >= 11 is 0. The number of para-hydroxylation sites is 1. The lowest BCUT2D eigenvalue weighted by molar-refractivity contribution is -0.118. The molecule has 1 aliphatic rings. The number of rotatable bonds is 3. The Hall–Kier alpha value is -2.06. The summed E-state index contributed by atoms with van der Waals surface area (Å²) in [5.41, 5.74) is 0.855. The number of hydrogen-bond donors (Lipinski definition) is 2. The number of methoxy groups -OCH3 is 1. The van der Waals surface area contributed by atoms with Crippen molar-refractivity contribution in [3.05, 3.63) is 23.8 Å². The molecule has 0 aliphatic carbocycles. The Morgan fingerprint density at radius 1 is 1.53 bits per heavy atom. The van der Waals surface area contributed by atoms with Gasteiger partial charge < -0.3 is 15.4 Å². The molecule has 0 saturated carbocycles. The third-order valence-electron chi connectivity index (χ3n) is 3.24. The Morgan fingerprint density at radius 2 is 2.37 bits per heavy atom. The summed E-state index contributed by atoms with van der Waals surface area (Å²) in [7, 11) is 1.52. The van der Waals surface area contributed by atoms with Crippen molar-refractivity contribution in [2.24, 2.45) is 0 Å². The van der Waals surface area contributed by atoms with Crippen molar-refractivity contribution in [1.29, 1.82) is 5.26 Å². The molecule has 0 bridgehead atoms. The van der Waals surface area contributed by atoms with Crippen molar-refractivity contribution in [2.75, 3.05) is 19.0 Å². The average Bonchev–Trinajstić information content (AvgIpc) is 2.48. The van der Waals surface area contributed by atoms with E-state index in [1.54, 1.807) is 18.2 Å². The van der Waals surface area contributed by atoms with Crippen LogP contribution in [0.25, 0.3) is 0 Å². The van der Waals surface area contributed by atoms with Gasteiger partial charge in [0.25, 0.3) is 0 Å². The van der Waals surface area contributed by atoms with E-state index in [2.05, 4.69) is 16.7 Å². The van der Waals surface area contributed by atoms with Gasteiger partial charge >= 0.3 is 0 Å². The van der Waals surface area contributed by atoms with Gasteiger partial charge in [0.15, 0.2) is 0 Å². The maximum atomic E-state index is 12.2. The number of nitriles is 1. The zero-order valence-corrected chi connectivity index (χ0v) is 10.9. The van der Waals surface area contributed by atoms with E-state index in [0.717, 1.165) is 25.8 Å². The van der Waals surface area contributed by atoms with Crippen LogP contribution in [0.3, 0.4) is 0 Å². The molecule has 0 radical (unpaired) electrons. The number of piperidine rings is 1. The predicted octanol–water partition coefficient (Wildman–Crippen LogP) is 1.65. The van der Waals surface area contributed by atoms with Gasteiger partial charge in [-0.15, -0.1) is 0 Å². The molecule has 1 atom stereocenters. The van der Waals surface area contributed by atoms with Gasteiger partial charge in [-0.05, 0) is 31.5 Å². The van der Waals surface area contributed by atoms with Crippen LogP contribution in [-0.4, -0.2) is 25.6 Å². The summed E-state index contributed by atoms with van der Waals surface area (Å²) in [4.78, 5) is 12.2. The van der Waals surface area contributed by atoms with E-state index in [4.69, 9.17) is 10.00 Å². The number of carbonyl (C=O) groups excluding carboxylic acids is 1. The fraction of sp³-hybridized carbons (Fsp3) is 0.429. The molecule has 1 fully saturated rings. The second kappa shape index (κ2) is 6.21. The van der Waals surface area contributed by atoms with Gasteiger partial charge in [-0.25, -0.2) is 0 Å². The van der Waals surface area contributed by atoms with Crippen molar-refractivity contribution < 1.29 is 9.53 Å². The van der Waals surface area contributed by atoms with E-state index in [-0.39, 0.29) is 11.9 Å². The molecule has 1 amide bonds. The first kappa shape index (κ1) is 13.4. The lowest BCUT2D eigenvalue weighted by atomic mass is 10.0. The molecule has 0 unspecified atom stereocenters. The van der Waals surface area contributed by atoms with Gasteiger partial charge in [0.1, 0.15) is 17.5 Å². The Kier molecular flexibility index (Phi) is 4.37. The summed E-state index contributed by atoms with van der Waals surface area (Å²) in [6.45, 7) is 0.856. The van der Waals surface area contributed by atoms with Crippen LogP contribution in [0.4, 0.5) is 5.69 Å². The van der Waals surface area contributed by atoms with Crippen LogP contribution in [-0.2, 0) is 4.79 Å². The lowest BCUT2D eigenvalue weighted by Crippen LogP contribution is -2.43. The highest BCUT2D eigenvalue weighted by Gasteiger charge is 2.22. The quantitative estimate of drug-likeness (QED) is 0.865. The first-order valence-electron chi connectivity index (χ1n) is 6.37. The molecule has 100 valence electrons. The molecule has 19 heavy (non-hydrogen) atoms. The molecule has 1 aliphatic heterocycles. The SMILES string of the molecule is COc1cccc(C#N)c1NC(=O)[C@@H]1CCCCN1. The van der Waals surface area contributed by atoms with Gasteiger partial charge in [-0.2, -0.15) is 5.26 Å². The molecule has 1 heterocycles. The minimum absolute atomic E-state index is 0.110. The van der Waals surface area contributed by atoms with Crippen molar-refractivity contribution >= 4 is 11.6 Å². The molecule has 2 rings (SSSR count). The van der Waals surface area contributed by atoms with Crippen molar-refractivity contribution in [3.8, 4) is 11.8 Å². The summed E-state index contributed by atoms with van der Waals surface area (Å²) in [5.74, 6) is 0.393. The Labute approximate surface area is 112 Å². The lowest BCUT2D eigenvalue weighted by Gasteiger charge is -2.23. The Balaban J connectivity index is 2.18. The predicted molar refractivity (Wildman–Crippen MR) is 72.0 cm³/mol. The summed E-state index contributed by atoms with van der Waals surface area (Å²) in [6.07, 6.45) is 2.97. The van der Waals surface area contributed by atoms with Crippen LogP contribution in [0.5, 0.6) is 5.75 Å². The molecule has 0 aromatic heterocycles. The van der Waals surface area contributed by atoms with Gasteiger partial charge in [0.2, 0.25) is 5.91 Å². The molecule has 1 saturated heterocycles. The zero-order chi connectivity index (χ0) is 13.7. The van der Waals surface area contributed by atoms with E-state index < -0.39 is 0 Å². The fourth-order valence-electron chi connectivity index (χ4n) is 2.21. The summed E-state index contributed by atoms with van der Waals surface area (Å²) in [5, 5.41) is 15.1. The third-order valence-corrected chi connectivity index (χ3v) is 3.24. The largest absolute Gasteiger partial charge is 0.495 e. The highest BCUT2D eigenvalue weighted by molar-refractivity contribution is 5.97. The molecule has 5 heteroatoms. The van der Waals surface area contributed by atoms with E-state index in [9.17, 15) is 4.79 Å². The van der Waals surface area contributed by atoms with Gasteiger partial charge in [-0.1, -0.05) is 12.5 Å². The molecular weight excluding hydrogens is 242 g/mol. The molecule has 1 aromatic rings. The number of benzene rings is 1. The third kappa shape index (κ3) is 3.04. The van der Waals surface area contributed by atoms with E-state index in [0.29, 0.717) is 17.0 Å². The van der Waals surface area contributed by atoms with Crippen LogP contribution in [0.2, 0.25) is 0 Å². The number of nitrogens with one attached hydrogen (secondary N) is 2. The summed E-state index contributed by atoms with van der Waals surface area (Å²) < 4.78 is 5.19. The van der Waals surface area contributed by atoms with Crippen LogP contribution >= 0.6 is 0 Å². The van der Waals surface area contributed by atoms with Crippen LogP contribution in [0, 0.1) is 11.3 Å². The Bertz CT molecular complexity index is 502. The standard InChI is InChI=1S/C14H17N3O2/c1-19-12-7-4-5-10(9-15)13(12)17-14(18)11-6-2-3-8-16-11/h4-5,7,11,16H,2-3,6,8H2,1H3,(H,17,18)/t11-/m0/s1. The van der Waals surface area contributed by atoms with E-state index in [1.165, 1.54) is 7.11 Å². The highest BCUT2D eigenvalue weighted by Crippen LogP contribution is 2.28. The number of hydrogen-bond acceptors (Lipinski definition) is 4. The number of nitrogens with zero attached hydrogens (tertiary/aromatic N) is 1. The smallest absolute Gasteiger partial charge is 0.241 e. The second-order valence-electron chi connectivity index (χ2n) is 4.49. The van der Waals surface area contributed by atoms with Crippen molar-refractivity contribution in [1.82, 2.24) is 5.32 Å². The topological polar surface area (TPSA) is 74.1 Å². The first-order chi connectivity index (χ1) is 9.26. The monoisotopic (exact) mass is 259 g/mol. The number of carbonyl (C=O) groups is 1. The van der Waals surface area contributed by atoms with Gasteiger partial charge in [0, 0.05) is 0 Å². The average molecular weight is 259 g/mol. The number of anilines is 1. The molecular formula is C14H17N3O2. The van der Waals surface area contributed by atoms with Gasteiger partial charge in [-0.3, -0.25) is 4.79 Å². The zero-order valence-electron chi connectivity index (χ0n) is 10.9. The van der Waals surface area contributed by atoms with E-state index in [1.807, 2.05) is 0 Å². The highest BCUT2D eigenvalue weighted by atomic mass is 16.5. The van der Waals surface area contributed by atoms with Crippen molar-refractivity contribution in [3.63, 3.8) is 0 Å². The van der Waals surface area contributed by atoms with Gasteiger partial charge in [0.05, 0.1) is 18.7 Å². The minimum Gasteiger partial charge on any atom is -0.495 e. The number of ether oxygens (including phenoxy) is 1. The molecule has 1 aromatic carbocycles. The van der Waals surface area contributed by atoms with E-state index >= 15 is 0 Å². The second-order valence-corrected chi connectivity index (χ2v) is 4.49. The maximum Gasteiger partial charge on any atom is 0.241 e. The van der Waals surface area contributed by atoms with Crippen LogP contribution < -0.4 is 15.4 Å². The molecule has 0 spiro atoms. The maximum absolute atomic E-state index is 12.2. The first-order valence-corrected chi connectivity index (χ1v) is 6.37. The van der Waals surface area contributed by atoms with Crippen LogP contribution in [0.1, 0.15) is 24.8 Å². The van der Waals surface area contributed by atoms with Crippen molar-refractivity contribution in [2.45, 2.75) is 25.3 Å². The Morgan fingerprint density at radius 3 is 3.00 bits per heavy atom. The molecule has 2 N–H and O–H groups in total. The number of amides is 1. The fourth-order valence-corrected chi connectivity index (χ4v) is 2.21. The summed E-state index contributed by atoms with van der Waals surface area (Å²) in [6, 6.07) is 6.99.